The molecule has 1 unspecified atom stereocenters. The Morgan fingerprint density at radius 1 is 0.851 bits per heavy atom. The Morgan fingerprint density at radius 3 is 2.30 bits per heavy atom. The summed E-state index contributed by atoms with van der Waals surface area (Å²) in [6.07, 6.45) is 4.28. The molecule has 0 saturated carbocycles. The Labute approximate surface area is 270 Å². The van der Waals surface area contributed by atoms with Gasteiger partial charge in [0, 0.05) is 42.8 Å². The maximum absolute atomic E-state index is 13.2. The van der Waals surface area contributed by atoms with Crippen LogP contribution < -0.4 is 16.0 Å². The number of aromatic nitrogens is 2. The van der Waals surface area contributed by atoms with Crippen molar-refractivity contribution in [2.24, 2.45) is 5.73 Å². The van der Waals surface area contributed by atoms with Gasteiger partial charge >= 0.3 is 0 Å². The predicted octanol–water partition coefficient (Wildman–Crippen LogP) is 2.59. The highest BCUT2D eigenvalue weighted by Crippen LogP contribution is 2.35. The number of carbonyl (C=O) groups excluding carboxylic acids is 5. The largest absolute Gasteiger partial charge is 0.368 e. The molecule has 4 aliphatic rings. The molecule has 3 N–H and O–H groups in total. The van der Waals surface area contributed by atoms with Gasteiger partial charge in [0.25, 0.3) is 17.7 Å². The Hall–Kier alpha value is -5.36. The van der Waals surface area contributed by atoms with Crippen molar-refractivity contribution in [3.8, 4) is 5.69 Å². The first kappa shape index (κ1) is 29.1. The molecule has 12 nitrogen and oxygen atoms in total. The Balaban J connectivity index is 0.867. The van der Waals surface area contributed by atoms with Crippen LogP contribution in [0.25, 0.3) is 16.6 Å². The summed E-state index contributed by atoms with van der Waals surface area (Å²) in [4.78, 5) is 67.8. The van der Waals surface area contributed by atoms with Crippen molar-refractivity contribution in [3.05, 3.63) is 89.1 Å². The summed E-state index contributed by atoms with van der Waals surface area (Å²) in [7, 11) is 0. The molecule has 8 rings (SSSR count). The molecule has 3 aromatic carbocycles. The monoisotopic (exact) mass is 631 g/mol. The van der Waals surface area contributed by atoms with E-state index in [9.17, 15) is 24.0 Å². The summed E-state index contributed by atoms with van der Waals surface area (Å²) >= 11 is 0. The van der Waals surface area contributed by atoms with Gasteiger partial charge in [0.05, 0.1) is 22.4 Å². The van der Waals surface area contributed by atoms with Crippen LogP contribution in [0.3, 0.4) is 0 Å². The van der Waals surface area contributed by atoms with Gasteiger partial charge in [-0.2, -0.15) is 5.10 Å². The number of benzene rings is 3. The van der Waals surface area contributed by atoms with Gasteiger partial charge in [-0.3, -0.25) is 39.1 Å². The molecule has 3 saturated heterocycles. The number of primary amides is 1. The zero-order chi connectivity index (χ0) is 32.4. The molecular weight excluding hydrogens is 598 g/mol. The molecule has 0 spiro atoms. The molecule has 1 atom stereocenters. The minimum Gasteiger partial charge on any atom is -0.368 e. The first-order chi connectivity index (χ1) is 22.7. The smallest absolute Gasteiger partial charge is 0.262 e. The Morgan fingerprint density at radius 2 is 1.57 bits per heavy atom. The van der Waals surface area contributed by atoms with Crippen LogP contribution >= 0.6 is 0 Å². The lowest BCUT2D eigenvalue weighted by molar-refractivity contribution is -0.136. The van der Waals surface area contributed by atoms with Crippen molar-refractivity contribution in [3.63, 3.8) is 0 Å². The first-order valence-electron chi connectivity index (χ1n) is 16.0. The summed E-state index contributed by atoms with van der Waals surface area (Å²) in [5, 5.41) is 7.72. The number of anilines is 1. The highest BCUT2D eigenvalue weighted by Gasteiger charge is 2.45. The molecule has 0 radical (unpaired) electrons. The Kier molecular flexibility index (Phi) is 6.90. The molecule has 5 heterocycles. The number of rotatable bonds is 6. The first-order valence-corrected chi connectivity index (χ1v) is 16.0. The maximum atomic E-state index is 13.2. The minimum atomic E-state index is -0.965. The minimum absolute atomic E-state index is 0.0962. The van der Waals surface area contributed by atoms with Crippen molar-refractivity contribution in [1.29, 1.82) is 0 Å². The number of imide groups is 2. The third-order valence-electron chi connectivity index (χ3n) is 10.1. The number of hydrogen-bond acceptors (Lipinski definition) is 8. The second kappa shape index (κ2) is 11.2. The van der Waals surface area contributed by atoms with Crippen molar-refractivity contribution in [1.82, 2.24) is 24.9 Å². The van der Waals surface area contributed by atoms with Gasteiger partial charge in [0.1, 0.15) is 11.6 Å². The molecule has 47 heavy (non-hydrogen) atoms. The van der Waals surface area contributed by atoms with Crippen LogP contribution in [0.4, 0.5) is 5.69 Å². The highest BCUT2D eigenvalue weighted by atomic mass is 16.2. The van der Waals surface area contributed by atoms with Crippen LogP contribution in [0.15, 0.2) is 66.9 Å². The van der Waals surface area contributed by atoms with Gasteiger partial charge in [-0.25, -0.2) is 4.68 Å². The lowest BCUT2D eigenvalue weighted by Crippen LogP contribution is -2.60. The predicted molar refractivity (Wildman–Crippen MR) is 172 cm³/mol. The van der Waals surface area contributed by atoms with Gasteiger partial charge in [-0.15, -0.1) is 0 Å². The van der Waals surface area contributed by atoms with E-state index in [1.54, 1.807) is 22.9 Å². The van der Waals surface area contributed by atoms with Gasteiger partial charge in [-0.05, 0) is 80.2 Å². The quantitative estimate of drug-likeness (QED) is 0.308. The van der Waals surface area contributed by atoms with Crippen LogP contribution in [-0.2, 0) is 9.59 Å². The van der Waals surface area contributed by atoms with E-state index in [1.165, 1.54) is 5.56 Å². The molecule has 3 fully saturated rings. The number of piperidine rings is 2. The molecule has 12 heteroatoms. The van der Waals surface area contributed by atoms with Crippen LogP contribution in [0.2, 0.25) is 0 Å². The van der Waals surface area contributed by atoms with E-state index < -0.39 is 29.7 Å². The van der Waals surface area contributed by atoms with Crippen molar-refractivity contribution in [2.75, 3.05) is 31.1 Å². The van der Waals surface area contributed by atoms with Gasteiger partial charge in [0.2, 0.25) is 11.8 Å². The number of nitrogens with two attached hydrogens (primary N) is 1. The summed E-state index contributed by atoms with van der Waals surface area (Å²) in [6, 6.07) is 18.7. The van der Waals surface area contributed by atoms with E-state index in [4.69, 9.17) is 5.73 Å². The molecule has 0 aliphatic carbocycles. The fourth-order valence-electron chi connectivity index (χ4n) is 7.43. The third kappa shape index (κ3) is 4.96. The summed E-state index contributed by atoms with van der Waals surface area (Å²) in [6.45, 7) is 3.69. The molecule has 238 valence electrons. The molecule has 0 bridgehead atoms. The lowest BCUT2D eigenvalue weighted by Gasteiger charge is -2.48. The number of hydrogen-bond donors (Lipinski definition) is 2. The average Bonchev–Trinajstić information content (AvgIpc) is 3.59. The topological polar surface area (TPSA) is 151 Å². The molecule has 4 aliphatic heterocycles. The summed E-state index contributed by atoms with van der Waals surface area (Å²) in [5.74, 6) is -1.98. The molecule has 5 amide bonds. The summed E-state index contributed by atoms with van der Waals surface area (Å²) < 4.78 is 1.79. The van der Waals surface area contributed by atoms with Crippen LogP contribution in [0.1, 0.15) is 68.2 Å². The fourth-order valence-corrected chi connectivity index (χ4v) is 7.43. The summed E-state index contributed by atoms with van der Waals surface area (Å²) in [5.41, 5.74) is 10.3. The fraction of sp³-hybridized carbons (Fsp3) is 0.314. The average molecular weight is 632 g/mol. The van der Waals surface area contributed by atoms with Crippen LogP contribution in [0.5, 0.6) is 0 Å². The van der Waals surface area contributed by atoms with Crippen molar-refractivity contribution < 1.29 is 24.0 Å². The van der Waals surface area contributed by atoms with E-state index in [2.05, 4.69) is 44.5 Å². The normalized spacial score (nSPS) is 20.9. The number of nitrogens with zero attached hydrogens (tertiary/aromatic N) is 5. The van der Waals surface area contributed by atoms with Gasteiger partial charge < -0.3 is 10.6 Å². The zero-order valence-electron chi connectivity index (χ0n) is 25.6. The molecular formula is C35H33N7O5. The maximum Gasteiger partial charge on any atom is 0.262 e. The van der Waals surface area contributed by atoms with Gasteiger partial charge in [0.15, 0.2) is 0 Å². The van der Waals surface area contributed by atoms with Crippen LogP contribution in [-0.4, -0.2) is 87.4 Å². The molecule has 1 aromatic heterocycles. The SMILES string of the molecule is NC(=O)c1cccc2cn(-c3ccc(C4CCN(C5CN(c6ccc7c(c6)C(=O)N(C6CCC(=O)NC6=O)C7=O)C5)CC4)cc3)nc12. The lowest BCUT2D eigenvalue weighted by atomic mass is 9.88. The van der Waals surface area contributed by atoms with Crippen LogP contribution in [0, 0.1) is 0 Å². The van der Waals surface area contributed by atoms with Gasteiger partial charge in [-0.1, -0.05) is 24.3 Å². The number of amides is 5. The second-order valence-electron chi connectivity index (χ2n) is 12.8. The number of nitrogens with one attached hydrogen (secondary N) is 1. The van der Waals surface area contributed by atoms with E-state index in [-0.39, 0.29) is 18.7 Å². The van der Waals surface area contributed by atoms with E-state index >= 15 is 0 Å². The van der Waals surface area contributed by atoms with Crippen molar-refractivity contribution >= 4 is 46.1 Å². The number of fused-ring (bicyclic) bond motifs is 2. The number of carbonyl (C=O) groups is 5. The third-order valence-corrected chi connectivity index (χ3v) is 10.1. The highest BCUT2D eigenvalue weighted by molar-refractivity contribution is 6.23. The van der Waals surface area contributed by atoms with E-state index in [1.807, 2.05) is 24.4 Å². The van der Waals surface area contributed by atoms with E-state index in [0.717, 1.165) is 60.7 Å². The zero-order valence-corrected chi connectivity index (χ0v) is 25.6. The van der Waals surface area contributed by atoms with Crippen molar-refractivity contribution in [2.45, 2.75) is 43.7 Å². The Bertz CT molecular complexity index is 1970. The standard InChI is InChI=1S/C35H33N7O5/c36-32(44)27-3-1-2-22-17-41(38-31(22)27)23-6-4-20(5-7-23)21-12-14-39(15-13-21)25-18-40(19-25)24-8-9-26-28(16-24)35(47)42(34(26)46)29-10-11-30(43)37-33(29)45/h1-9,16-17,21,25,29H,10-15,18-19H2,(H2,36,44)(H,37,43,45). The molecule has 4 aromatic rings. The van der Waals surface area contributed by atoms with E-state index in [0.29, 0.717) is 34.2 Å². The second-order valence-corrected chi connectivity index (χ2v) is 12.8. The number of likely N-dealkylation sites (tertiary alicyclic amines) is 1.